The molecule has 0 radical (unpaired) electrons. The molecule has 0 saturated carbocycles. The zero-order valence-corrected chi connectivity index (χ0v) is 15.3. The quantitative estimate of drug-likeness (QED) is 0.829. The maximum Gasteiger partial charge on any atom is 0.270 e. The van der Waals surface area contributed by atoms with E-state index < -0.39 is 0 Å². The summed E-state index contributed by atoms with van der Waals surface area (Å²) in [6, 6.07) is 9.78. The van der Waals surface area contributed by atoms with Crippen LogP contribution in [-0.4, -0.2) is 48.7 Å². The summed E-state index contributed by atoms with van der Waals surface area (Å²) in [5.41, 5.74) is 2.42. The summed E-state index contributed by atoms with van der Waals surface area (Å²) in [5.74, 6) is 0.988. The van der Waals surface area contributed by atoms with Crippen molar-refractivity contribution in [2.24, 2.45) is 0 Å². The monoisotopic (exact) mass is 355 g/mol. The van der Waals surface area contributed by atoms with Gasteiger partial charge < -0.3 is 20.3 Å². The zero-order valence-electron chi connectivity index (χ0n) is 15.3. The van der Waals surface area contributed by atoms with E-state index in [1.54, 1.807) is 13.0 Å². The molecule has 138 valence electrons. The van der Waals surface area contributed by atoms with E-state index in [0.717, 1.165) is 44.1 Å². The fourth-order valence-corrected chi connectivity index (χ4v) is 2.87. The van der Waals surface area contributed by atoms with Gasteiger partial charge in [0.1, 0.15) is 17.3 Å². The summed E-state index contributed by atoms with van der Waals surface area (Å²) < 4.78 is 5.44. The molecular formula is C19H25N5O2. The molecule has 0 atom stereocenters. The summed E-state index contributed by atoms with van der Waals surface area (Å²) >= 11 is 0. The van der Waals surface area contributed by atoms with Gasteiger partial charge in [-0.15, -0.1) is 0 Å². The van der Waals surface area contributed by atoms with Crippen LogP contribution in [0.3, 0.4) is 0 Å². The molecule has 1 aromatic heterocycles. The number of para-hydroxylation sites is 2. The Morgan fingerprint density at radius 1 is 1.23 bits per heavy atom. The molecule has 0 spiro atoms. The van der Waals surface area contributed by atoms with Gasteiger partial charge >= 0.3 is 0 Å². The first-order valence-electron chi connectivity index (χ1n) is 9.00. The number of nitrogens with zero attached hydrogens (tertiary/aromatic N) is 3. The minimum atomic E-state index is -0.179. The second kappa shape index (κ2) is 8.62. The van der Waals surface area contributed by atoms with Gasteiger partial charge in [-0.3, -0.25) is 4.79 Å². The lowest BCUT2D eigenvalue weighted by Gasteiger charge is -2.30. The van der Waals surface area contributed by atoms with Crippen LogP contribution in [0.2, 0.25) is 0 Å². The highest BCUT2D eigenvalue weighted by Crippen LogP contribution is 2.28. The number of hydrogen-bond acceptors (Lipinski definition) is 6. The largest absolute Gasteiger partial charge is 0.378 e. The van der Waals surface area contributed by atoms with Gasteiger partial charge in [0.25, 0.3) is 5.91 Å². The van der Waals surface area contributed by atoms with Gasteiger partial charge in [-0.2, -0.15) is 0 Å². The van der Waals surface area contributed by atoms with Crippen molar-refractivity contribution in [3.05, 3.63) is 41.9 Å². The molecule has 1 aliphatic rings. The van der Waals surface area contributed by atoms with Crippen LogP contribution in [0, 0.1) is 6.92 Å². The highest BCUT2D eigenvalue weighted by Gasteiger charge is 2.16. The van der Waals surface area contributed by atoms with E-state index in [1.165, 1.54) is 0 Å². The van der Waals surface area contributed by atoms with Crippen molar-refractivity contribution in [3.63, 3.8) is 0 Å². The third kappa shape index (κ3) is 4.49. The first-order valence-corrected chi connectivity index (χ1v) is 9.00. The molecule has 2 aromatic rings. The van der Waals surface area contributed by atoms with E-state index in [1.807, 2.05) is 25.1 Å². The minimum absolute atomic E-state index is 0.179. The lowest BCUT2D eigenvalue weighted by Crippen LogP contribution is -2.36. The lowest BCUT2D eigenvalue weighted by molar-refractivity contribution is 0.0948. The van der Waals surface area contributed by atoms with E-state index in [4.69, 9.17) is 4.74 Å². The summed E-state index contributed by atoms with van der Waals surface area (Å²) in [7, 11) is 0. The molecule has 7 heteroatoms. The first-order chi connectivity index (χ1) is 12.7. The normalized spacial score (nSPS) is 14.2. The molecule has 0 unspecified atom stereocenters. The van der Waals surface area contributed by atoms with Gasteiger partial charge in [0.05, 0.1) is 24.6 Å². The van der Waals surface area contributed by atoms with Crippen molar-refractivity contribution in [3.8, 4) is 0 Å². The molecule has 1 aliphatic heterocycles. The van der Waals surface area contributed by atoms with Crippen LogP contribution >= 0.6 is 0 Å². The number of ether oxygens (including phenoxy) is 1. The molecule has 0 aliphatic carbocycles. The Balaban J connectivity index is 1.83. The summed E-state index contributed by atoms with van der Waals surface area (Å²) in [6.07, 6.45) is 0.883. The van der Waals surface area contributed by atoms with Crippen LogP contribution in [0.15, 0.2) is 30.3 Å². The van der Waals surface area contributed by atoms with Gasteiger partial charge in [-0.25, -0.2) is 9.97 Å². The maximum absolute atomic E-state index is 12.2. The van der Waals surface area contributed by atoms with Crippen molar-refractivity contribution < 1.29 is 9.53 Å². The Morgan fingerprint density at radius 2 is 2.00 bits per heavy atom. The predicted molar refractivity (Wildman–Crippen MR) is 102 cm³/mol. The Morgan fingerprint density at radius 3 is 2.77 bits per heavy atom. The number of benzene rings is 1. The standard InChI is InChI=1S/C19H25N5O2/c1-3-8-20-19(25)16-13-18(22-14(2)21-16)23-15-6-4-5-7-17(15)24-9-11-26-12-10-24/h4-7,13H,3,8-12H2,1-2H3,(H,20,25)(H,21,22,23). The number of carbonyl (C=O) groups is 1. The summed E-state index contributed by atoms with van der Waals surface area (Å²) in [6.45, 7) is 7.59. The molecule has 1 fully saturated rings. The molecule has 2 N–H and O–H groups in total. The topological polar surface area (TPSA) is 79.4 Å². The van der Waals surface area contributed by atoms with Crippen molar-refractivity contribution in [2.45, 2.75) is 20.3 Å². The highest BCUT2D eigenvalue weighted by atomic mass is 16.5. The lowest BCUT2D eigenvalue weighted by atomic mass is 10.2. The molecule has 26 heavy (non-hydrogen) atoms. The summed E-state index contributed by atoms with van der Waals surface area (Å²) in [5, 5.41) is 6.20. The molecule has 1 amide bonds. The van der Waals surface area contributed by atoms with Crippen LogP contribution < -0.4 is 15.5 Å². The number of rotatable bonds is 6. The average molecular weight is 355 g/mol. The first kappa shape index (κ1) is 18.1. The van der Waals surface area contributed by atoms with Gasteiger partial charge in [-0.1, -0.05) is 19.1 Å². The van der Waals surface area contributed by atoms with Gasteiger partial charge in [0.15, 0.2) is 0 Å². The van der Waals surface area contributed by atoms with Gasteiger partial charge in [0.2, 0.25) is 0 Å². The Labute approximate surface area is 153 Å². The number of carbonyl (C=O) groups excluding carboxylic acids is 1. The SMILES string of the molecule is CCCNC(=O)c1cc(Nc2ccccc2N2CCOCC2)nc(C)n1. The number of aromatic nitrogens is 2. The zero-order chi connectivity index (χ0) is 18.4. The molecule has 2 heterocycles. The maximum atomic E-state index is 12.2. The highest BCUT2D eigenvalue weighted by molar-refractivity contribution is 5.93. The minimum Gasteiger partial charge on any atom is -0.378 e. The third-order valence-corrected chi connectivity index (χ3v) is 4.12. The molecule has 3 rings (SSSR count). The molecule has 1 saturated heterocycles. The van der Waals surface area contributed by atoms with Crippen LogP contribution in [-0.2, 0) is 4.74 Å². The van der Waals surface area contributed by atoms with Crippen molar-refractivity contribution >= 4 is 23.1 Å². The summed E-state index contributed by atoms with van der Waals surface area (Å²) in [4.78, 5) is 23.2. The van der Waals surface area contributed by atoms with Crippen molar-refractivity contribution in [1.82, 2.24) is 15.3 Å². The fourth-order valence-electron chi connectivity index (χ4n) is 2.87. The number of amides is 1. The third-order valence-electron chi connectivity index (χ3n) is 4.12. The van der Waals surface area contributed by atoms with Crippen LogP contribution in [0.25, 0.3) is 0 Å². The number of morpholine rings is 1. The molecule has 1 aromatic carbocycles. The van der Waals surface area contributed by atoms with Crippen LogP contribution in [0.5, 0.6) is 0 Å². The molecule has 0 bridgehead atoms. The van der Waals surface area contributed by atoms with Crippen molar-refractivity contribution in [2.75, 3.05) is 43.1 Å². The van der Waals surface area contributed by atoms with Gasteiger partial charge in [-0.05, 0) is 25.5 Å². The number of nitrogens with one attached hydrogen (secondary N) is 2. The molecular weight excluding hydrogens is 330 g/mol. The van der Waals surface area contributed by atoms with E-state index in [-0.39, 0.29) is 5.91 Å². The predicted octanol–water partition coefficient (Wildman–Crippen LogP) is 2.51. The van der Waals surface area contributed by atoms with Crippen LogP contribution in [0.1, 0.15) is 29.7 Å². The van der Waals surface area contributed by atoms with E-state index >= 15 is 0 Å². The Kier molecular flexibility index (Phi) is 6.01. The van der Waals surface area contributed by atoms with E-state index in [0.29, 0.717) is 23.9 Å². The second-order valence-electron chi connectivity index (χ2n) is 6.18. The Hall–Kier alpha value is -2.67. The molecule has 7 nitrogen and oxygen atoms in total. The van der Waals surface area contributed by atoms with E-state index in [2.05, 4.69) is 31.6 Å². The van der Waals surface area contributed by atoms with E-state index in [9.17, 15) is 4.79 Å². The van der Waals surface area contributed by atoms with Crippen molar-refractivity contribution in [1.29, 1.82) is 0 Å². The fraction of sp³-hybridized carbons (Fsp3) is 0.421. The number of aryl methyl sites for hydroxylation is 1. The van der Waals surface area contributed by atoms with Crippen LogP contribution in [0.4, 0.5) is 17.2 Å². The number of anilines is 3. The smallest absolute Gasteiger partial charge is 0.270 e. The number of hydrogen-bond donors (Lipinski definition) is 2. The average Bonchev–Trinajstić information content (AvgIpc) is 2.67. The second-order valence-corrected chi connectivity index (χ2v) is 6.18. The van der Waals surface area contributed by atoms with Gasteiger partial charge in [0, 0.05) is 25.7 Å². The Bertz CT molecular complexity index is 759.